The van der Waals surface area contributed by atoms with E-state index >= 15 is 0 Å². The molecule has 0 amide bonds. The minimum absolute atomic E-state index is 0. The summed E-state index contributed by atoms with van der Waals surface area (Å²) in [6.45, 7) is 8.29. The van der Waals surface area contributed by atoms with Crippen LogP contribution in [-0.2, 0) is 80.0 Å². The number of thiophene rings is 1. The van der Waals surface area contributed by atoms with Crippen molar-refractivity contribution in [1.29, 1.82) is 0 Å². The van der Waals surface area contributed by atoms with Crippen LogP contribution in [0.3, 0.4) is 0 Å². The quantitative estimate of drug-likeness (QED) is 0.111. The van der Waals surface area contributed by atoms with Crippen LogP contribution in [0, 0.1) is 50.8 Å². The van der Waals surface area contributed by atoms with E-state index in [9.17, 15) is 0 Å². The Kier molecular flexibility index (Phi) is 28.8. The van der Waals surface area contributed by atoms with Gasteiger partial charge in [0.05, 0.1) is 32.1 Å². The molecule has 0 saturated carbocycles. The van der Waals surface area contributed by atoms with Crippen molar-refractivity contribution in [1.82, 2.24) is 24.9 Å². The Labute approximate surface area is 804 Å². The number of para-hydroxylation sites is 2. The molecule has 0 saturated heterocycles. The van der Waals surface area contributed by atoms with Crippen LogP contribution in [0.5, 0.6) is 0 Å². The van der Waals surface area contributed by atoms with Crippen molar-refractivity contribution in [3.8, 4) is 101 Å². The molecule has 0 spiro atoms. The second-order valence-electron chi connectivity index (χ2n) is 29.2. The van der Waals surface area contributed by atoms with Crippen LogP contribution in [0.2, 0.25) is 0 Å². The fraction of sp³-hybridized carbons (Fsp3) is 0.0439. The van der Waals surface area contributed by atoms with Gasteiger partial charge in [0.25, 0.3) is 0 Å². The SMILES string of the molecule is Cc1cc(-c2[c-]cccc2)ncc1-c1ccccc1.Cc1ccnc(-c2[c-]cccc2)n1.[2H]c1c[n+]2c(c([2H])c1[2H])-c1c([2H])c([2H])c([2H])c([2H])c1C2.[Ir+3].[Ir].[Ir].[c-]1ccccc1-c1ccccn1.[c-]1ccccc1-c1ccccn1.[c-]1ccccc1N1C=CN(c2ccccc2)[CH-]1.c1cc[n+]2c(c1)-c1c(ccc3c1sc1ccccc13)C2.c1ccc(-c2ccc3c(c2)-c2cccc[n+]2C3)cc1. The number of anilines is 2. The zero-order valence-electron chi connectivity index (χ0n) is 76.8. The van der Waals surface area contributed by atoms with E-state index in [0.29, 0.717) is 5.56 Å². The fourth-order valence-corrected chi connectivity index (χ4v) is 16.1. The second kappa shape index (κ2) is 45.3. The van der Waals surface area contributed by atoms with E-state index in [-0.39, 0.29) is 120 Å². The molecule has 8 aromatic heterocycles. The molecule has 14 heteroatoms. The van der Waals surface area contributed by atoms with Gasteiger partial charge in [-0.15, -0.1) is 167 Å². The van der Waals surface area contributed by atoms with Gasteiger partial charge < -0.3 is 24.8 Å². The minimum atomic E-state index is -0.344. The standard InChI is InChI=1S/C18H12NS.2C18H14N.C15H12N2.C12H10N.C11H9N2.2C11H8N.3Ir/c1-2-7-16-13(5-1)14-9-8-12-11-19-10-4-3-6-15(19)17(12)18(14)20-16;1-2-6-14(7-3-1)15-9-10-16-13-19-11-5-4-8-18(19)17(16)12-15;1-14-12-18(16-10-6-3-7-11-16)19-13-17(14)15-8-4-2-5-9-15;1-3-7-14(8-4-1)16-11-12-17(13-16)15-9-5-2-6-10-15;1-2-6-11-10(5-1)9-13-8-4-3-7-12(11)13;1-9-7-8-12-11(13-9)10-5-3-2-4-6-10;2*1-2-6-10(7-3-1)11-8-4-5-9-12-11;;;/h1-10H,11H2;1-12H,13H2;2-10,12-13H,1H3;1-9,11-13H;1-8H,9H2;2-5,7-8H,1H3;2*1-6,8-9H;;;/q2*+1;-1;-2;+1;3*-1;;;+3/i;;;;1D,2D,3D,4D,5D,6D,7D;;;;;;. The first-order valence-electron chi connectivity index (χ1n) is 44.6. The summed E-state index contributed by atoms with van der Waals surface area (Å²) in [5.74, 6) is 0.737. The molecular formula is C114H87Ir3N10S. The Morgan fingerprint density at radius 3 is 1.55 bits per heavy atom. The van der Waals surface area contributed by atoms with Gasteiger partial charge in [-0.05, 0) is 132 Å². The van der Waals surface area contributed by atoms with Gasteiger partial charge in [0.15, 0.2) is 38.2 Å². The van der Waals surface area contributed by atoms with Crippen LogP contribution in [0.1, 0.15) is 37.5 Å². The summed E-state index contributed by atoms with van der Waals surface area (Å²) in [7, 11) is 0. The van der Waals surface area contributed by atoms with E-state index in [1.54, 1.807) is 23.2 Å². The van der Waals surface area contributed by atoms with Crippen molar-refractivity contribution < 1.29 is 83.6 Å². The number of aromatic nitrogens is 8. The molecule has 4 aliphatic heterocycles. The molecular weight excluding hydrogens is 2120 g/mol. The normalized spacial score (nSPS) is 12.1. The Bertz CT molecular complexity index is 7190. The Morgan fingerprint density at radius 1 is 0.375 bits per heavy atom. The van der Waals surface area contributed by atoms with Crippen molar-refractivity contribution in [2.24, 2.45) is 0 Å². The molecule has 128 heavy (non-hydrogen) atoms. The maximum absolute atomic E-state index is 7.97. The fourth-order valence-electron chi connectivity index (χ4n) is 14.8. The van der Waals surface area contributed by atoms with E-state index in [4.69, 9.17) is 9.60 Å². The largest absolute Gasteiger partial charge is 3.00 e. The van der Waals surface area contributed by atoms with Crippen molar-refractivity contribution >= 4 is 42.9 Å². The third kappa shape index (κ3) is 22.7. The van der Waals surface area contributed by atoms with E-state index < -0.39 is 0 Å². The molecule has 0 aliphatic carbocycles. The average molecular weight is 2210 g/mol. The van der Waals surface area contributed by atoms with Crippen LogP contribution < -0.4 is 23.5 Å². The number of benzene rings is 12. The van der Waals surface area contributed by atoms with Crippen molar-refractivity contribution in [3.05, 3.63) is 515 Å². The zero-order chi connectivity index (χ0) is 90.7. The molecule has 0 unspecified atom stereocenters. The number of hydrogen-bond acceptors (Lipinski definition) is 8. The summed E-state index contributed by atoms with van der Waals surface area (Å²) in [4.78, 5) is 25.6. The van der Waals surface area contributed by atoms with Crippen LogP contribution in [0.25, 0.3) is 121 Å². The van der Waals surface area contributed by atoms with E-state index in [1.807, 2.05) is 249 Å². The first-order valence-corrected chi connectivity index (χ1v) is 41.9. The third-order valence-corrected chi connectivity index (χ3v) is 22.1. The van der Waals surface area contributed by atoms with E-state index in [1.165, 1.54) is 87.8 Å². The number of fused-ring (bicyclic) bond motifs is 13. The average Bonchev–Trinajstić information content (AvgIpc) is 1.59. The van der Waals surface area contributed by atoms with Crippen LogP contribution >= 0.6 is 11.3 Å². The van der Waals surface area contributed by atoms with Crippen molar-refractivity contribution in [2.45, 2.75) is 33.5 Å². The Balaban J connectivity index is 0.000000124. The van der Waals surface area contributed by atoms with Gasteiger partial charge >= 0.3 is 20.1 Å². The number of hydrogen-bond donors (Lipinski definition) is 0. The molecule has 12 aromatic carbocycles. The van der Waals surface area contributed by atoms with Gasteiger partial charge in [-0.1, -0.05) is 170 Å². The molecule has 12 heterocycles. The first kappa shape index (κ1) is 81.2. The zero-order valence-corrected chi connectivity index (χ0v) is 77.8. The Hall–Kier alpha value is -13.9. The van der Waals surface area contributed by atoms with E-state index in [2.05, 4.69) is 240 Å². The van der Waals surface area contributed by atoms with Crippen LogP contribution in [-0.4, -0.2) is 24.9 Å². The maximum Gasteiger partial charge on any atom is 3.00 e. The molecule has 24 rings (SSSR count). The van der Waals surface area contributed by atoms with Gasteiger partial charge in [0, 0.05) is 155 Å². The number of pyridine rings is 6. The predicted molar refractivity (Wildman–Crippen MR) is 509 cm³/mol. The third-order valence-electron chi connectivity index (χ3n) is 20.9. The van der Waals surface area contributed by atoms with E-state index in [0.717, 1.165) is 75.3 Å². The van der Waals surface area contributed by atoms with Gasteiger partial charge in [0.1, 0.15) is 0 Å². The van der Waals surface area contributed by atoms with Crippen molar-refractivity contribution in [2.75, 3.05) is 9.80 Å². The predicted octanol–water partition coefficient (Wildman–Crippen LogP) is 25.3. The molecule has 0 fully saturated rings. The molecule has 4 aliphatic rings. The topological polar surface area (TPSA) is 82.6 Å². The number of nitrogens with zero attached hydrogens (tertiary/aromatic N) is 10. The Morgan fingerprint density at radius 2 is 0.914 bits per heavy atom. The summed E-state index contributed by atoms with van der Waals surface area (Å²) < 4.78 is 63.5. The second-order valence-corrected chi connectivity index (χ2v) is 30.3. The molecule has 20 aromatic rings. The summed E-state index contributed by atoms with van der Waals surface area (Å²) in [5, 5.41) is 2.77. The van der Waals surface area contributed by atoms with Gasteiger partial charge in [-0.25, -0.2) is 0 Å². The summed E-state index contributed by atoms with van der Waals surface area (Å²) in [6.07, 6.45) is 17.1. The van der Waals surface area contributed by atoms with Crippen LogP contribution in [0.15, 0.2) is 450 Å². The smallest absolute Gasteiger partial charge is 0.500 e. The van der Waals surface area contributed by atoms with Gasteiger partial charge in [-0.3, -0.25) is 9.97 Å². The number of rotatable bonds is 8. The van der Waals surface area contributed by atoms with Gasteiger partial charge in [-0.2, -0.15) is 44.0 Å². The minimum Gasteiger partial charge on any atom is -0.500 e. The summed E-state index contributed by atoms with van der Waals surface area (Å²) in [5.41, 5.74) is 25.6. The maximum atomic E-state index is 7.97. The van der Waals surface area contributed by atoms with Crippen molar-refractivity contribution in [3.63, 3.8) is 0 Å². The van der Waals surface area contributed by atoms with Crippen LogP contribution in [0.4, 0.5) is 11.4 Å². The molecule has 10 nitrogen and oxygen atoms in total. The molecule has 626 valence electrons. The number of aryl methyl sites for hydroxylation is 2. The monoisotopic (exact) mass is 2210 g/mol. The molecule has 2 radical (unpaired) electrons. The van der Waals surface area contributed by atoms with Gasteiger partial charge in [0.2, 0.25) is 17.1 Å². The molecule has 0 N–H and O–H groups in total. The summed E-state index contributed by atoms with van der Waals surface area (Å²) >= 11 is 1.92. The first-order chi connectivity index (χ1) is 64.7. The summed E-state index contributed by atoms with van der Waals surface area (Å²) in [6, 6.07) is 133. The molecule has 0 bridgehead atoms. The molecule has 0 atom stereocenters.